The Labute approximate surface area is 106 Å². The first-order chi connectivity index (χ1) is 8.83. The normalized spacial score (nSPS) is 16.1. The minimum absolute atomic E-state index is 0.223. The van der Waals surface area contributed by atoms with E-state index in [0.717, 1.165) is 11.6 Å². The lowest BCUT2D eigenvalue weighted by atomic mass is 10.2. The van der Waals surface area contributed by atoms with Gasteiger partial charge in [0.05, 0.1) is 0 Å². The van der Waals surface area contributed by atoms with Crippen LogP contribution in [0, 0.1) is 5.82 Å². The van der Waals surface area contributed by atoms with E-state index < -0.39 is 0 Å². The van der Waals surface area contributed by atoms with Crippen molar-refractivity contribution in [3.63, 3.8) is 0 Å². The summed E-state index contributed by atoms with van der Waals surface area (Å²) in [6.45, 7) is 0. The number of imidazole rings is 1. The molecular formula is C14H16FN3. The maximum absolute atomic E-state index is 12.8. The van der Waals surface area contributed by atoms with Crippen LogP contribution in [0.4, 0.5) is 16.0 Å². The van der Waals surface area contributed by atoms with Crippen LogP contribution in [-0.4, -0.2) is 9.55 Å². The largest absolute Gasteiger partial charge is 0.326 e. The average Bonchev–Trinajstić information content (AvgIpc) is 3.02. The highest BCUT2D eigenvalue weighted by Gasteiger charge is 2.19. The number of aromatic nitrogens is 2. The molecule has 3 nitrogen and oxygen atoms in total. The minimum Gasteiger partial charge on any atom is -0.326 e. The fourth-order valence-electron chi connectivity index (χ4n) is 2.55. The molecule has 0 aliphatic heterocycles. The van der Waals surface area contributed by atoms with Gasteiger partial charge in [-0.05, 0) is 37.1 Å². The van der Waals surface area contributed by atoms with E-state index in [9.17, 15) is 4.39 Å². The first-order valence-corrected chi connectivity index (χ1v) is 6.38. The molecule has 0 saturated heterocycles. The van der Waals surface area contributed by atoms with Gasteiger partial charge in [0.1, 0.15) is 5.82 Å². The summed E-state index contributed by atoms with van der Waals surface area (Å²) in [6, 6.07) is 6.90. The summed E-state index contributed by atoms with van der Waals surface area (Å²) in [5.41, 5.74) is 0.863. The zero-order chi connectivity index (χ0) is 12.4. The van der Waals surface area contributed by atoms with Gasteiger partial charge in [0.15, 0.2) is 0 Å². The molecule has 1 heterocycles. The standard InChI is InChI=1S/C14H16FN3/c15-11-5-7-12(8-6-11)17-14-16-9-10-18(14)13-3-1-2-4-13/h5-10,13H,1-4H2,(H,16,17). The van der Waals surface area contributed by atoms with Gasteiger partial charge in [-0.3, -0.25) is 0 Å². The van der Waals surface area contributed by atoms with E-state index >= 15 is 0 Å². The molecule has 94 valence electrons. The molecule has 0 amide bonds. The Kier molecular flexibility index (Phi) is 3.00. The third-order valence-electron chi connectivity index (χ3n) is 3.49. The molecular weight excluding hydrogens is 229 g/mol. The van der Waals surface area contributed by atoms with E-state index in [-0.39, 0.29) is 5.82 Å². The molecule has 0 atom stereocenters. The second-order valence-corrected chi connectivity index (χ2v) is 4.73. The molecule has 1 aliphatic rings. The average molecular weight is 245 g/mol. The quantitative estimate of drug-likeness (QED) is 0.889. The van der Waals surface area contributed by atoms with Gasteiger partial charge < -0.3 is 9.88 Å². The van der Waals surface area contributed by atoms with Crippen LogP contribution in [0.3, 0.4) is 0 Å². The summed E-state index contributed by atoms with van der Waals surface area (Å²) >= 11 is 0. The maximum Gasteiger partial charge on any atom is 0.207 e. The van der Waals surface area contributed by atoms with E-state index in [1.165, 1.54) is 37.8 Å². The third kappa shape index (κ3) is 2.23. The molecule has 1 N–H and O–H groups in total. The van der Waals surface area contributed by atoms with Crippen molar-refractivity contribution in [1.29, 1.82) is 0 Å². The predicted octanol–water partition coefficient (Wildman–Crippen LogP) is 3.88. The van der Waals surface area contributed by atoms with Gasteiger partial charge in [0.2, 0.25) is 5.95 Å². The van der Waals surface area contributed by atoms with Gasteiger partial charge in [0.25, 0.3) is 0 Å². The second-order valence-electron chi connectivity index (χ2n) is 4.73. The van der Waals surface area contributed by atoms with E-state index in [2.05, 4.69) is 14.9 Å². The van der Waals surface area contributed by atoms with Gasteiger partial charge in [-0.1, -0.05) is 12.8 Å². The Morgan fingerprint density at radius 1 is 1.17 bits per heavy atom. The second kappa shape index (κ2) is 4.80. The molecule has 1 aromatic carbocycles. The Morgan fingerprint density at radius 3 is 2.61 bits per heavy atom. The van der Waals surface area contributed by atoms with Crippen LogP contribution in [0.2, 0.25) is 0 Å². The smallest absolute Gasteiger partial charge is 0.207 e. The molecule has 1 fully saturated rings. The van der Waals surface area contributed by atoms with Crippen molar-refractivity contribution in [2.24, 2.45) is 0 Å². The van der Waals surface area contributed by atoms with Crippen molar-refractivity contribution in [3.05, 3.63) is 42.5 Å². The van der Waals surface area contributed by atoms with Crippen LogP contribution >= 0.6 is 0 Å². The fraction of sp³-hybridized carbons (Fsp3) is 0.357. The minimum atomic E-state index is -0.223. The molecule has 1 saturated carbocycles. The van der Waals surface area contributed by atoms with Crippen LogP contribution < -0.4 is 5.32 Å². The Balaban J connectivity index is 1.80. The molecule has 0 radical (unpaired) electrons. The highest BCUT2D eigenvalue weighted by atomic mass is 19.1. The van der Waals surface area contributed by atoms with Crippen molar-refractivity contribution in [3.8, 4) is 0 Å². The number of hydrogen-bond acceptors (Lipinski definition) is 2. The van der Waals surface area contributed by atoms with Crippen molar-refractivity contribution in [2.45, 2.75) is 31.7 Å². The van der Waals surface area contributed by atoms with Crippen LogP contribution in [0.5, 0.6) is 0 Å². The number of halogens is 1. The summed E-state index contributed by atoms with van der Waals surface area (Å²) < 4.78 is 15.0. The van der Waals surface area contributed by atoms with Crippen LogP contribution in [0.1, 0.15) is 31.7 Å². The lowest BCUT2D eigenvalue weighted by Gasteiger charge is -2.15. The lowest BCUT2D eigenvalue weighted by Crippen LogP contribution is -2.07. The monoisotopic (exact) mass is 245 g/mol. The topological polar surface area (TPSA) is 29.9 Å². The molecule has 3 rings (SSSR count). The van der Waals surface area contributed by atoms with Crippen molar-refractivity contribution in [1.82, 2.24) is 9.55 Å². The zero-order valence-electron chi connectivity index (χ0n) is 10.1. The summed E-state index contributed by atoms with van der Waals surface area (Å²) in [6.07, 6.45) is 8.84. The highest BCUT2D eigenvalue weighted by molar-refractivity contribution is 5.53. The number of nitrogens with zero attached hydrogens (tertiary/aromatic N) is 2. The highest BCUT2D eigenvalue weighted by Crippen LogP contribution is 2.32. The van der Waals surface area contributed by atoms with E-state index in [4.69, 9.17) is 0 Å². The molecule has 0 unspecified atom stereocenters. The van der Waals surface area contributed by atoms with Crippen LogP contribution in [0.25, 0.3) is 0 Å². The molecule has 1 aromatic heterocycles. The summed E-state index contributed by atoms with van der Waals surface area (Å²) in [7, 11) is 0. The van der Waals surface area contributed by atoms with Gasteiger partial charge >= 0.3 is 0 Å². The summed E-state index contributed by atoms with van der Waals surface area (Å²) in [5, 5.41) is 3.24. The molecule has 1 aliphatic carbocycles. The van der Waals surface area contributed by atoms with Crippen LogP contribution in [-0.2, 0) is 0 Å². The maximum atomic E-state index is 12.8. The van der Waals surface area contributed by atoms with Gasteiger partial charge in [-0.25, -0.2) is 9.37 Å². The Bertz CT molecular complexity index is 512. The van der Waals surface area contributed by atoms with Gasteiger partial charge in [0, 0.05) is 24.1 Å². The fourth-order valence-corrected chi connectivity index (χ4v) is 2.55. The lowest BCUT2D eigenvalue weighted by molar-refractivity contribution is 0.525. The van der Waals surface area contributed by atoms with Crippen molar-refractivity contribution < 1.29 is 4.39 Å². The molecule has 0 bridgehead atoms. The third-order valence-corrected chi connectivity index (χ3v) is 3.49. The van der Waals surface area contributed by atoms with Gasteiger partial charge in [-0.15, -0.1) is 0 Å². The van der Waals surface area contributed by atoms with Crippen molar-refractivity contribution >= 4 is 11.6 Å². The number of hydrogen-bond donors (Lipinski definition) is 1. The number of rotatable bonds is 3. The molecule has 18 heavy (non-hydrogen) atoms. The first kappa shape index (κ1) is 11.3. The number of benzene rings is 1. The SMILES string of the molecule is Fc1ccc(Nc2nccn2C2CCCC2)cc1. The van der Waals surface area contributed by atoms with Crippen LogP contribution in [0.15, 0.2) is 36.7 Å². The predicted molar refractivity (Wildman–Crippen MR) is 69.4 cm³/mol. The van der Waals surface area contributed by atoms with E-state index in [1.54, 1.807) is 12.1 Å². The summed E-state index contributed by atoms with van der Waals surface area (Å²) in [5.74, 6) is 0.619. The molecule has 0 spiro atoms. The van der Waals surface area contributed by atoms with E-state index in [0.29, 0.717) is 6.04 Å². The number of anilines is 2. The van der Waals surface area contributed by atoms with Gasteiger partial charge in [-0.2, -0.15) is 0 Å². The first-order valence-electron chi connectivity index (χ1n) is 6.38. The molecule has 4 heteroatoms. The zero-order valence-corrected chi connectivity index (χ0v) is 10.1. The Morgan fingerprint density at radius 2 is 1.89 bits per heavy atom. The number of nitrogens with one attached hydrogen (secondary N) is 1. The summed E-state index contributed by atoms with van der Waals surface area (Å²) in [4.78, 5) is 4.34. The van der Waals surface area contributed by atoms with Crippen molar-refractivity contribution in [2.75, 3.05) is 5.32 Å². The Hall–Kier alpha value is -1.84. The molecule has 2 aromatic rings. The van der Waals surface area contributed by atoms with E-state index in [1.807, 2.05) is 12.4 Å².